The highest BCUT2D eigenvalue weighted by Crippen LogP contribution is 2.27. The molecule has 3 heteroatoms. The van der Waals surface area contributed by atoms with Gasteiger partial charge in [-0.3, -0.25) is 9.59 Å². The van der Waals surface area contributed by atoms with Crippen LogP contribution in [0.4, 0.5) is 0 Å². The fourth-order valence-corrected chi connectivity index (χ4v) is 3.25. The summed E-state index contributed by atoms with van der Waals surface area (Å²) in [7, 11) is 0. The minimum Gasteiger partial charge on any atom is -0.334 e. The normalized spacial score (nSPS) is 16.3. The Morgan fingerprint density at radius 2 is 1.83 bits per heavy atom. The molecule has 0 fully saturated rings. The van der Waals surface area contributed by atoms with Crippen LogP contribution in [0.3, 0.4) is 0 Å². The monoisotopic (exact) mass is 319 g/mol. The summed E-state index contributed by atoms with van der Waals surface area (Å²) in [5.74, 6) is -0.731. The number of carbonyl (C=O) groups excluding carboxylic acids is 2. The van der Waals surface area contributed by atoms with Gasteiger partial charge in [-0.25, -0.2) is 0 Å². The zero-order chi connectivity index (χ0) is 16.9. The van der Waals surface area contributed by atoms with Crippen molar-refractivity contribution in [3.05, 3.63) is 83.9 Å². The molecule has 2 aromatic carbocycles. The number of rotatable bonds is 5. The Bertz CT molecular complexity index is 751. The van der Waals surface area contributed by atoms with Crippen molar-refractivity contribution in [1.82, 2.24) is 4.90 Å². The van der Waals surface area contributed by atoms with E-state index in [0.717, 1.165) is 17.5 Å². The molecule has 1 amide bonds. The number of aryl methyl sites for hydroxylation is 1. The van der Waals surface area contributed by atoms with Gasteiger partial charge in [0.15, 0.2) is 5.78 Å². The zero-order valence-corrected chi connectivity index (χ0v) is 13.7. The molecule has 0 saturated carbocycles. The summed E-state index contributed by atoms with van der Waals surface area (Å²) in [5, 5.41) is 0. The van der Waals surface area contributed by atoms with Gasteiger partial charge in [0.05, 0.1) is 0 Å². The highest BCUT2D eigenvalue weighted by Gasteiger charge is 2.34. The molecule has 0 heterocycles. The smallest absolute Gasteiger partial charge is 0.234 e. The minimum absolute atomic E-state index is 0.0519. The Balaban J connectivity index is 1.80. The first-order chi connectivity index (χ1) is 11.7. The van der Waals surface area contributed by atoms with Gasteiger partial charge in [-0.05, 0) is 24.0 Å². The Kier molecular flexibility index (Phi) is 4.90. The number of hydrogen-bond donors (Lipinski definition) is 0. The maximum Gasteiger partial charge on any atom is 0.234 e. The van der Waals surface area contributed by atoms with E-state index in [4.69, 9.17) is 0 Å². The molecule has 3 nitrogen and oxygen atoms in total. The molecule has 1 unspecified atom stereocenters. The van der Waals surface area contributed by atoms with Gasteiger partial charge in [0.25, 0.3) is 0 Å². The number of fused-ring (bicyclic) bond motifs is 1. The van der Waals surface area contributed by atoms with Crippen molar-refractivity contribution < 1.29 is 9.59 Å². The van der Waals surface area contributed by atoms with Crippen molar-refractivity contribution in [2.75, 3.05) is 6.54 Å². The fraction of sp³-hybridized carbons (Fsp3) is 0.238. The first kappa shape index (κ1) is 16.2. The maximum absolute atomic E-state index is 13.0. The second-order valence-corrected chi connectivity index (χ2v) is 6.11. The SMILES string of the molecule is C=CCN(Cc1ccccc1)C(=O)C1CCc2ccccc2C1=O. The van der Waals surface area contributed by atoms with Crippen molar-refractivity contribution >= 4 is 11.7 Å². The number of benzene rings is 2. The third-order valence-corrected chi connectivity index (χ3v) is 4.48. The van der Waals surface area contributed by atoms with Crippen LogP contribution in [0.1, 0.15) is 27.9 Å². The van der Waals surface area contributed by atoms with Gasteiger partial charge in [0.2, 0.25) is 5.91 Å². The molecule has 0 saturated heterocycles. The number of ketones is 1. The second-order valence-electron chi connectivity index (χ2n) is 6.11. The van der Waals surface area contributed by atoms with E-state index in [2.05, 4.69) is 6.58 Å². The lowest BCUT2D eigenvalue weighted by molar-refractivity contribution is -0.134. The second kappa shape index (κ2) is 7.26. The fourth-order valence-electron chi connectivity index (χ4n) is 3.25. The van der Waals surface area contributed by atoms with Crippen LogP contribution in [0.25, 0.3) is 0 Å². The number of amides is 1. The van der Waals surface area contributed by atoms with E-state index in [0.29, 0.717) is 25.1 Å². The van der Waals surface area contributed by atoms with E-state index in [9.17, 15) is 9.59 Å². The molecule has 1 aliphatic carbocycles. The van der Waals surface area contributed by atoms with Crippen molar-refractivity contribution in [2.24, 2.45) is 5.92 Å². The number of carbonyl (C=O) groups is 2. The van der Waals surface area contributed by atoms with Crippen LogP contribution < -0.4 is 0 Å². The first-order valence-corrected chi connectivity index (χ1v) is 8.26. The molecule has 0 spiro atoms. The quantitative estimate of drug-likeness (QED) is 0.623. The summed E-state index contributed by atoms with van der Waals surface area (Å²) in [5.41, 5.74) is 2.79. The Labute approximate surface area is 142 Å². The highest BCUT2D eigenvalue weighted by molar-refractivity contribution is 6.11. The molecule has 0 aromatic heterocycles. The summed E-state index contributed by atoms with van der Waals surface area (Å²) in [6.07, 6.45) is 3.06. The van der Waals surface area contributed by atoms with Crippen molar-refractivity contribution in [3.8, 4) is 0 Å². The summed E-state index contributed by atoms with van der Waals surface area (Å²) in [4.78, 5) is 27.4. The van der Waals surface area contributed by atoms with Crippen molar-refractivity contribution in [1.29, 1.82) is 0 Å². The van der Waals surface area contributed by atoms with Gasteiger partial charge in [0, 0.05) is 18.7 Å². The van der Waals surface area contributed by atoms with Crippen molar-refractivity contribution in [3.63, 3.8) is 0 Å². The van der Waals surface area contributed by atoms with Crippen LogP contribution in [0.2, 0.25) is 0 Å². The largest absolute Gasteiger partial charge is 0.334 e. The van der Waals surface area contributed by atoms with Gasteiger partial charge in [-0.15, -0.1) is 6.58 Å². The van der Waals surface area contributed by atoms with Crippen LogP contribution in [-0.4, -0.2) is 23.1 Å². The van der Waals surface area contributed by atoms with Crippen LogP contribution in [0, 0.1) is 5.92 Å². The van der Waals surface area contributed by atoms with Gasteiger partial charge >= 0.3 is 0 Å². The van der Waals surface area contributed by atoms with Crippen LogP contribution in [0.5, 0.6) is 0 Å². The first-order valence-electron chi connectivity index (χ1n) is 8.26. The molecule has 0 aliphatic heterocycles. The van der Waals surface area contributed by atoms with E-state index in [1.54, 1.807) is 11.0 Å². The standard InChI is InChI=1S/C21H21NO2/c1-2-14-22(15-16-8-4-3-5-9-16)21(24)19-13-12-17-10-6-7-11-18(17)20(19)23/h2-11,19H,1,12-15H2. The highest BCUT2D eigenvalue weighted by atomic mass is 16.2. The van der Waals surface area contributed by atoms with Crippen molar-refractivity contribution in [2.45, 2.75) is 19.4 Å². The minimum atomic E-state index is -0.580. The van der Waals surface area contributed by atoms with Gasteiger partial charge in [-0.2, -0.15) is 0 Å². The predicted octanol–water partition coefficient (Wildman–Crippen LogP) is 3.65. The van der Waals surface area contributed by atoms with Crippen LogP contribution in [0.15, 0.2) is 67.3 Å². The summed E-state index contributed by atoms with van der Waals surface area (Å²) in [6.45, 7) is 4.69. The molecule has 2 aromatic rings. The molecule has 3 rings (SSSR count). The summed E-state index contributed by atoms with van der Waals surface area (Å²) < 4.78 is 0. The number of hydrogen-bond acceptors (Lipinski definition) is 2. The van der Waals surface area contributed by atoms with Gasteiger partial charge in [0.1, 0.15) is 5.92 Å². The number of nitrogens with zero attached hydrogens (tertiary/aromatic N) is 1. The number of Topliss-reactive ketones (excluding diaryl/α,β-unsaturated/α-hetero) is 1. The van der Waals surface area contributed by atoms with E-state index >= 15 is 0 Å². The molecule has 122 valence electrons. The van der Waals surface area contributed by atoms with E-state index in [1.165, 1.54) is 0 Å². The lowest BCUT2D eigenvalue weighted by atomic mass is 9.82. The van der Waals surface area contributed by atoms with Crippen LogP contribution in [-0.2, 0) is 17.8 Å². The Morgan fingerprint density at radius 1 is 1.12 bits per heavy atom. The molecule has 0 radical (unpaired) electrons. The van der Waals surface area contributed by atoms with E-state index < -0.39 is 5.92 Å². The molecular weight excluding hydrogens is 298 g/mol. The average molecular weight is 319 g/mol. The molecular formula is C21H21NO2. The Morgan fingerprint density at radius 3 is 2.58 bits per heavy atom. The molecule has 1 aliphatic rings. The lowest BCUT2D eigenvalue weighted by Gasteiger charge is -2.29. The topological polar surface area (TPSA) is 37.4 Å². The molecule has 1 atom stereocenters. The van der Waals surface area contributed by atoms with Gasteiger partial charge in [-0.1, -0.05) is 60.7 Å². The lowest BCUT2D eigenvalue weighted by Crippen LogP contribution is -2.41. The Hall–Kier alpha value is -2.68. The third kappa shape index (κ3) is 3.30. The van der Waals surface area contributed by atoms with E-state index in [-0.39, 0.29) is 11.7 Å². The van der Waals surface area contributed by atoms with E-state index in [1.807, 2.05) is 54.6 Å². The summed E-state index contributed by atoms with van der Waals surface area (Å²) in [6, 6.07) is 17.4. The average Bonchev–Trinajstić information content (AvgIpc) is 2.62. The molecule has 0 N–H and O–H groups in total. The zero-order valence-electron chi connectivity index (χ0n) is 13.7. The van der Waals surface area contributed by atoms with Crippen LogP contribution >= 0.6 is 0 Å². The maximum atomic E-state index is 13.0. The third-order valence-electron chi connectivity index (χ3n) is 4.48. The van der Waals surface area contributed by atoms with Gasteiger partial charge < -0.3 is 4.90 Å². The predicted molar refractivity (Wildman–Crippen MR) is 94.6 cm³/mol. The molecule has 24 heavy (non-hydrogen) atoms. The summed E-state index contributed by atoms with van der Waals surface area (Å²) >= 11 is 0. The molecule has 0 bridgehead atoms.